The van der Waals surface area contributed by atoms with Crippen molar-refractivity contribution < 1.29 is 19.1 Å². The summed E-state index contributed by atoms with van der Waals surface area (Å²) in [5.74, 6) is 0.836. The number of amides is 2. The second-order valence-corrected chi connectivity index (χ2v) is 7.06. The Kier molecular flexibility index (Phi) is 6.65. The molecular formula is C20H20Cl2N2O4. The molecule has 28 heavy (non-hydrogen) atoms. The monoisotopic (exact) mass is 422 g/mol. The molecule has 8 heteroatoms. The number of halogens is 2. The fraction of sp³-hybridized carbons (Fsp3) is 0.300. The van der Waals surface area contributed by atoms with Gasteiger partial charge in [0.2, 0.25) is 0 Å². The maximum atomic E-state index is 12.6. The molecule has 0 bridgehead atoms. The van der Waals surface area contributed by atoms with Crippen LogP contribution >= 0.6 is 23.2 Å². The molecule has 1 aliphatic rings. The SMILES string of the molecule is COc1ccccc1OCC(=O)N1CCN(C(=O)c2ccc(Cl)c(Cl)c2)CC1. The largest absolute Gasteiger partial charge is 0.493 e. The van der Waals surface area contributed by atoms with Crippen molar-refractivity contribution in [3.05, 3.63) is 58.1 Å². The van der Waals surface area contributed by atoms with Gasteiger partial charge in [0.15, 0.2) is 18.1 Å². The van der Waals surface area contributed by atoms with E-state index < -0.39 is 0 Å². The molecule has 6 nitrogen and oxygen atoms in total. The van der Waals surface area contributed by atoms with E-state index in [1.165, 1.54) is 0 Å². The molecule has 0 unspecified atom stereocenters. The minimum Gasteiger partial charge on any atom is -0.493 e. The smallest absolute Gasteiger partial charge is 0.260 e. The van der Waals surface area contributed by atoms with Gasteiger partial charge in [-0.1, -0.05) is 35.3 Å². The van der Waals surface area contributed by atoms with Gasteiger partial charge < -0.3 is 19.3 Å². The number of hydrogen-bond donors (Lipinski definition) is 0. The molecule has 0 spiro atoms. The van der Waals surface area contributed by atoms with Crippen LogP contribution in [0.4, 0.5) is 0 Å². The summed E-state index contributed by atoms with van der Waals surface area (Å²) in [6, 6.07) is 12.0. The zero-order valence-electron chi connectivity index (χ0n) is 15.4. The highest BCUT2D eigenvalue weighted by Crippen LogP contribution is 2.26. The van der Waals surface area contributed by atoms with Crippen molar-refractivity contribution in [3.8, 4) is 11.5 Å². The van der Waals surface area contributed by atoms with Gasteiger partial charge in [0.25, 0.3) is 11.8 Å². The van der Waals surface area contributed by atoms with Gasteiger partial charge in [-0.05, 0) is 30.3 Å². The van der Waals surface area contributed by atoms with Gasteiger partial charge in [-0.2, -0.15) is 0 Å². The summed E-state index contributed by atoms with van der Waals surface area (Å²) in [6.07, 6.45) is 0. The average molecular weight is 423 g/mol. The molecule has 2 aromatic carbocycles. The topological polar surface area (TPSA) is 59.1 Å². The quantitative estimate of drug-likeness (QED) is 0.740. The number of benzene rings is 2. The highest BCUT2D eigenvalue weighted by atomic mass is 35.5. The van der Waals surface area contributed by atoms with Crippen LogP contribution in [0.15, 0.2) is 42.5 Å². The first-order valence-corrected chi connectivity index (χ1v) is 9.53. The van der Waals surface area contributed by atoms with E-state index >= 15 is 0 Å². The number of para-hydroxylation sites is 2. The molecule has 0 aliphatic carbocycles. The van der Waals surface area contributed by atoms with Crippen molar-refractivity contribution >= 4 is 35.0 Å². The Morgan fingerprint density at radius 1 is 0.929 bits per heavy atom. The first kappa shape index (κ1) is 20.3. The van der Waals surface area contributed by atoms with Gasteiger partial charge in [-0.15, -0.1) is 0 Å². The maximum absolute atomic E-state index is 12.6. The van der Waals surface area contributed by atoms with Crippen LogP contribution in [0.25, 0.3) is 0 Å². The number of rotatable bonds is 5. The number of carbonyl (C=O) groups is 2. The summed E-state index contributed by atoms with van der Waals surface area (Å²) in [4.78, 5) is 28.4. The summed E-state index contributed by atoms with van der Waals surface area (Å²) < 4.78 is 10.8. The lowest BCUT2D eigenvalue weighted by Gasteiger charge is -2.34. The van der Waals surface area contributed by atoms with E-state index in [-0.39, 0.29) is 18.4 Å². The molecule has 3 rings (SSSR count). The van der Waals surface area contributed by atoms with E-state index in [0.717, 1.165) is 0 Å². The van der Waals surface area contributed by atoms with Crippen molar-refractivity contribution in [2.75, 3.05) is 39.9 Å². The van der Waals surface area contributed by atoms with Crippen LogP contribution in [0.1, 0.15) is 10.4 Å². The van der Waals surface area contributed by atoms with Gasteiger partial charge >= 0.3 is 0 Å². The van der Waals surface area contributed by atoms with Crippen LogP contribution in [0.3, 0.4) is 0 Å². The third-order valence-electron chi connectivity index (χ3n) is 4.51. The molecule has 2 aromatic rings. The molecule has 0 saturated carbocycles. The first-order valence-electron chi connectivity index (χ1n) is 8.77. The van der Waals surface area contributed by atoms with Crippen LogP contribution in [0, 0.1) is 0 Å². The second kappa shape index (κ2) is 9.17. The summed E-state index contributed by atoms with van der Waals surface area (Å²) in [7, 11) is 1.55. The molecule has 1 heterocycles. The molecule has 0 atom stereocenters. The fourth-order valence-corrected chi connectivity index (χ4v) is 3.24. The average Bonchev–Trinajstić information content (AvgIpc) is 2.73. The van der Waals surface area contributed by atoms with Crippen molar-refractivity contribution in [3.63, 3.8) is 0 Å². The van der Waals surface area contributed by atoms with Gasteiger partial charge in [0, 0.05) is 31.7 Å². The predicted molar refractivity (Wildman–Crippen MR) is 107 cm³/mol. The van der Waals surface area contributed by atoms with E-state index in [1.807, 2.05) is 12.1 Å². The van der Waals surface area contributed by atoms with E-state index in [4.69, 9.17) is 32.7 Å². The summed E-state index contributed by atoms with van der Waals surface area (Å²) in [6.45, 7) is 1.70. The number of ether oxygens (including phenoxy) is 2. The van der Waals surface area contributed by atoms with Crippen molar-refractivity contribution in [2.45, 2.75) is 0 Å². The molecular weight excluding hydrogens is 403 g/mol. The first-order chi connectivity index (χ1) is 13.5. The summed E-state index contributed by atoms with van der Waals surface area (Å²) >= 11 is 11.9. The van der Waals surface area contributed by atoms with E-state index in [2.05, 4.69) is 0 Å². The minimum absolute atomic E-state index is 0.0822. The fourth-order valence-electron chi connectivity index (χ4n) is 2.94. The Morgan fingerprint density at radius 2 is 1.57 bits per heavy atom. The van der Waals surface area contributed by atoms with E-state index in [1.54, 1.807) is 47.2 Å². The highest BCUT2D eigenvalue weighted by molar-refractivity contribution is 6.42. The third kappa shape index (κ3) is 4.69. The molecule has 148 valence electrons. The number of nitrogens with zero attached hydrogens (tertiary/aromatic N) is 2. The van der Waals surface area contributed by atoms with Gasteiger partial charge in [0.1, 0.15) is 0 Å². The number of methoxy groups -OCH3 is 1. The summed E-state index contributed by atoms with van der Waals surface area (Å²) in [5.41, 5.74) is 0.480. The lowest BCUT2D eigenvalue weighted by Crippen LogP contribution is -2.51. The molecule has 1 fully saturated rings. The van der Waals surface area contributed by atoms with Crippen LogP contribution < -0.4 is 9.47 Å². The van der Waals surface area contributed by atoms with Crippen LogP contribution in [-0.2, 0) is 4.79 Å². The minimum atomic E-state index is -0.132. The Labute approximate surface area is 173 Å². The maximum Gasteiger partial charge on any atom is 0.260 e. The Hall–Kier alpha value is -2.44. The van der Waals surface area contributed by atoms with Crippen molar-refractivity contribution in [1.29, 1.82) is 0 Å². The summed E-state index contributed by atoms with van der Waals surface area (Å²) in [5, 5.41) is 0.749. The van der Waals surface area contributed by atoms with Gasteiger partial charge in [-0.3, -0.25) is 9.59 Å². The Balaban J connectivity index is 1.52. The standard InChI is InChI=1S/C20H20Cl2N2O4/c1-27-17-4-2-3-5-18(17)28-13-19(25)23-8-10-24(11-9-23)20(26)14-6-7-15(21)16(22)12-14/h2-7,12H,8-11,13H2,1H3. The predicted octanol–water partition coefficient (Wildman–Crippen LogP) is 3.37. The van der Waals surface area contributed by atoms with Gasteiger partial charge in [-0.25, -0.2) is 0 Å². The van der Waals surface area contributed by atoms with Crippen LogP contribution in [-0.4, -0.2) is 61.5 Å². The number of carbonyl (C=O) groups excluding carboxylic acids is 2. The van der Waals surface area contributed by atoms with E-state index in [0.29, 0.717) is 53.3 Å². The zero-order valence-corrected chi connectivity index (χ0v) is 16.9. The third-order valence-corrected chi connectivity index (χ3v) is 5.25. The molecule has 1 aliphatic heterocycles. The Bertz CT molecular complexity index is 867. The lowest BCUT2D eigenvalue weighted by atomic mass is 10.2. The van der Waals surface area contributed by atoms with Crippen LogP contribution in [0.2, 0.25) is 10.0 Å². The highest BCUT2D eigenvalue weighted by Gasteiger charge is 2.25. The number of hydrogen-bond acceptors (Lipinski definition) is 4. The van der Waals surface area contributed by atoms with E-state index in [9.17, 15) is 9.59 Å². The van der Waals surface area contributed by atoms with Crippen molar-refractivity contribution in [1.82, 2.24) is 9.80 Å². The molecule has 0 aromatic heterocycles. The molecule has 0 N–H and O–H groups in total. The molecule has 0 radical (unpaired) electrons. The van der Waals surface area contributed by atoms with Crippen molar-refractivity contribution in [2.24, 2.45) is 0 Å². The molecule has 2 amide bonds. The molecule has 1 saturated heterocycles. The zero-order chi connectivity index (χ0) is 20.1. The van der Waals surface area contributed by atoms with Gasteiger partial charge in [0.05, 0.1) is 17.2 Å². The number of piperazine rings is 1. The Morgan fingerprint density at radius 3 is 2.21 bits per heavy atom. The van der Waals surface area contributed by atoms with Crippen LogP contribution in [0.5, 0.6) is 11.5 Å². The second-order valence-electron chi connectivity index (χ2n) is 6.24. The normalized spacial score (nSPS) is 14.0. The lowest BCUT2D eigenvalue weighted by molar-refractivity contribution is -0.134.